The van der Waals surface area contributed by atoms with Gasteiger partial charge in [0.1, 0.15) is 12.2 Å². The van der Waals surface area contributed by atoms with Crippen molar-refractivity contribution in [1.29, 1.82) is 5.26 Å². The Morgan fingerprint density at radius 3 is 2.57 bits per heavy atom. The molecule has 0 spiro atoms. The monoisotopic (exact) mass is 372 g/mol. The molecule has 4 heteroatoms. The third kappa shape index (κ3) is 5.34. The van der Waals surface area contributed by atoms with E-state index in [0.717, 1.165) is 34.9 Å². The van der Waals surface area contributed by atoms with Crippen LogP contribution in [0.3, 0.4) is 0 Å². The molecule has 0 aliphatic heterocycles. The number of benzene rings is 3. The van der Waals surface area contributed by atoms with Gasteiger partial charge in [0.05, 0.1) is 12.7 Å². The average molecular weight is 372 g/mol. The second-order valence-corrected chi connectivity index (χ2v) is 6.64. The summed E-state index contributed by atoms with van der Waals surface area (Å²) in [4.78, 5) is 11.6. The van der Waals surface area contributed by atoms with E-state index in [-0.39, 0.29) is 12.3 Å². The van der Waals surface area contributed by atoms with Crippen molar-refractivity contribution in [2.24, 2.45) is 0 Å². The molecule has 142 valence electrons. The standard InChI is InChI=1S/C24H24N2O2/c25-16-14-24(27)26-17-15-22-21-11-5-4-10-20(21)12-13-23(22)28-18-6-9-19-7-2-1-3-8-19/h1-5,7-8,10-13H,6,9,14-15,17-18H2,(H,26,27). The Morgan fingerprint density at radius 2 is 1.75 bits per heavy atom. The highest BCUT2D eigenvalue weighted by Crippen LogP contribution is 2.28. The van der Waals surface area contributed by atoms with E-state index in [1.165, 1.54) is 5.56 Å². The average Bonchev–Trinajstić information content (AvgIpc) is 2.73. The largest absolute Gasteiger partial charge is 0.493 e. The summed E-state index contributed by atoms with van der Waals surface area (Å²) >= 11 is 0. The Balaban J connectivity index is 1.66. The lowest BCUT2D eigenvalue weighted by molar-refractivity contribution is -0.120. The van der Waals surface area contributed by atoms with E-state index < -0.39 is 0 Å². The van der Waals surface area contributed by atoms with Crippen LogP contribution in [0.5, 0.6) is 5.75 Å². The van der Waals surface area contributed by atoms with Crippen LogP contribution in [0.2, 0.25) is 0 Å². The maximum absolute atomic E-state index is 11.6. The van der Waals surface area contributed by atoms with E-state index in [2.05, 4.69) is 47.8 Å². The van der Waals surface area contributed by atoms with Gasteiger partial charge in [-0.3, -0.25) is 4.79 Å². The minimum atomic E-state index is -0.243. The van der Waals surface area contributed by atoms with E-state index in [4.69, 9.17) is 10.00 Å². The van der Waals surface area contributed by atoms with Crippen LogP contribution in [0.1, 0.15) is 24.0 Å². The smallest absolute Gasteiger partial charge is 0.234 e. The number of amides is 1. The van der Waals surface area contributed by atoms with Gasteiger partial charge < -0.3 is 10.1 Å². The molecule has 0 aromatic heterocycles. The van der Waals surface area contributed by atoms with Crippen molar-refractivity contribution in [2.75, 3.05) is 13.2 Å². The van der Waals surface area contributed by atoms with Crippen LogP contribution in [0.4, 0.5) is 0 Å². The fourth-order valence-corrected chi connectivity index (χ4v) is 3.27. The summed E-state index contributed by atoms with van der Waals surface area (Å²) in [6.07, 6.45) is 2.47. The van der Waals surface area contributed by atoms with Gasteiger partial charge in [0, 0.05) is 12.1 Å². The molecule has 0 bridgehead atoms. The SMILES string of the molecule is N#CCC(=O)NCCc1c(OCCCc2ccccc2)ccc2ccccc12. The molecule has 4 nitrogen and oxygen atoms in total. The van der Waals surface area contributed by atoms with Crippen molar-refractivity contribution in [2.45, 2.75) is 25.7 Å². The highest BCUT2D eigenvalue weighted by molar-refractivity contribution is 5.88. The number of aryl methyl sites for hydroxylation is 1. The highest BCUT2D eigenvalue weighted by atomic mass is 16.5. The number of ether oxygens (including phenoxy) is 1. The van der Waals surface area contributed by atoms with Crippen molar-refractivity contribution in [3.63, 3.8) is 0 Å². The summed E-state index contributed by atoms with van der Waals surface area (Å²) in [5.74, 6) is 0.620. The van der Waals surface area contributed by atoms with Crippen LogP contribution in [0, 0.1) is 11.3 Å². The molecular formula is C24H24N2O2. The van der Waals surface area contributed by atoms with Gasteiger partial charge in [0.15, 0.2) is 0 Å². The van der Waals surface area contributed by atoms with Crippen LogP contribution < -0.4 is 10.1 Å². The predicted molar refractivity (Wildman–Crippen MR) is 111 cm³/mol. The molecule has 0 unspecified atom stereocenters. The van der Waals surface area contributed by atoms with Gasteiger partial charge in [-0.05, 0) is 41.7 Å². The normalized spacial score (nSPS) is 10.4. The van der Waals surface area contributed by atoms with Crippen molar-refractivity contribution in [3.05, 3.63) is 77.9 Å². The second-order valence-electron chi connectivity index (χ2n) is 6.64. The fourth-order valence-electron chi connectivity index (χ4n) is 3.27. The molecule has 1 N–H and O–H groups in total. The molecular weight excluding hydrogens is 348 g/mol. The van der Waals surface area contributed by atoms with E-state index in [1.807, 2.05) is 30.3 Å². The van der Waals surface area contributed by atoms with Gasteiger partial charge in [-0.2, -0.15) is 5.26 Å². The van der Waals surface area contributed by atoms with Gasteiger partial charge in [-0.1, -0.05) is 60.7 Å². The molecule has 0 aliphatic rings. The molecule has 1 amide bonds. The number of rotatable bonds is 9. The zero-order valence-electron chi connectivity index (χ0n) is 15.9. The van der Waals surface area contributed by atoms with Gasteiger partial charge in [-0.15, -0.1) is 0 Å². The zero-order valence-corrected chi connectivity index (χ0v) is 15.9. The molecule has 0 saturated carbocycles. The van der Waals surface area contributed by atoms with E-state index in [1.54, 1.807) is 0 Å². The van der Waals surface area contributed by atoms with Crippen molar-refractivity contribution < 1.29 is 9.53 Å². The molecule has 0 atom stereocenters. The summed E-state index contributed by atoms with van der Waals surface area (Å²) in [5, 5.41) is 13.7. The molecule has 0 radical (unpaired) electrons. The molecule has 0 fully saturated rings. The van der Waals surface area contributed by atoms with Gasteiger partial charge in [0.2, 0.25) is 5.91 Å². The number of nitrogens with zero attached hydrogens (tertiary/aromatic N) is 1. The maximum Gasteiger partial charge on any atom is 0.234 e. The first-order chi connectivity index (χ1) is 13.8. The summed E-state index contributed by atoms with van der Waals surface area (Å²) < 4.78 is 6.11. The van der Waals surface area contributed by atoms with Crippen molar-refractivity contribution in [1.82, 2.24) is 5.32 Å². The first kappa shape index (κ1) is 19.4. The number of carbonyl (C=O) groups is 1. The Morgan fingerprint density at radius 1 is 0.964 bits per heavy atom. The molecule has 0 saturated heterocycles. The molecule has 3 aromatic rings. The van der Waals surface area contributed by atoms with E-state index in [9.17, 15) is 4.79 Å². The number of fused-ring (bicyclic) bond motifs is 1. The Kier molecular flexibility index (Phi) is 7.03. The van der Waals surface area contributed by atoms with Crippen LogP contribution in [-0.2, 0) is 17.6 Å². The maximum atomic E-state index is 11.6. The molecule has 28 heavy (non-hydrogen) atoms. The lowest BCUT2D eigenvalue weighted by Crippen LogP contribution is -2.25. The third-order valence-electron chi connectivity index (χ3n) is 4.64. The first-order valence-electron chi connectivity index (χ1n) is 9.59. The van der Waals surface area contributed by atoms with Crippen molar-refractivity contribution >= 4 is 16.7 Å². The molecule has 3 aromatic carbocycles. The zero-order chi connectivity index (χ0) is 19.6. The number of nitrogens with one attached hydrogen (secondary N) is 1. The third-order valence-corrected chi connectivity index (χ3v) is 4.64. The van der Waals surface area contributed by atoms with E-state index >= 15 is 0 Å². The minimum absolute atomic E-state index is 0.113. The van der Waals surface area contributed by atoms with Crippen LogP contribution >= 0.6 is 0 Å². The van der Waals surface area contributed by atoms with Crippen molar-refractivity contribution in [3.8, 4) is 11.8 Å². The Hall–Kier alpha value is -3.32. The summed E-state index contributed by atoms with van der Waals surface area (Å²) in [6.45, 7) is 1.12. The first-order valence-corrected chi connectivity index (χ1v) is 9.59. The highest BCUT2D eigenvalue weighted by Gasteiger charge is 2.10. The van der Waals surface area contributed by atoms with Gasteiger partial charge in [0.25, 0.3) is 0 Å². The summed E-state index contributed by atoms with van der Waals surface area (Å²) in [7, 11) is 0. The number of nitriles is 1. The number of hydrogen-bond acceptors (Lipinski definition) is 3. The lowest BCUT2D eigenvalue weighted by Gasteiger charge is -2.15. The quantitative estimate of drug-likeness (QED) is 0.566. The van der Waals surface area contributed by atoms with Gasteiger partial charge in [-0.25, -0.2) is 0 Å². The second kappa shape index (κ2) is 10.1. The predicted octanol–water partition coefficient (Wildman–Crippen LogP) is 4.42. The molecule has 0 aliphatic carbocycles. The molecule has 0 heterocycles. The van der Waals surface area contributed by atoms with Gasteiger partial charge >= 0.3 is 0 Å². The van der Waals surface area contributed by atoms with Crippen LogP contribution in [0.15, 0.2) is 66.7 Å². The minimum Gasteiger partial charge on any atom is -0.493 e. The van der Waals surface area contributed by atoms with Crippen LogP contribution in [0.25, 0.3) is 10.8 Å². The van der Waals surface area contributed by atoms with Crippen LogP contribution in [-0.4, -0.2) is 19.1 Å². The number of hydrogen-bond donors (Lipinski definition) is 1. The number of carbonyl (C=O) groups excluding carboxylic acids is 1. The Bertz CT molecular complexity index is 961. The van der Waals surface area contributed by atoms with E-state index in [0.29, 0.717) is 19.6 Å². The summed E-state index contributed by atoms with van der Waals surface area (Å²) in [5.41, 5.74) is 2.40. The summed E-state index contributed by atoms with van der Waals surface area (Å²) in [6, 6.07) is 24.5. The Labute approximate surface area is 165 Å². The topological polar surface area (TPSA) is 62.1 Å². The molecule has 3 rings (SSSR count). The fraction of sp³-hybridized carbons (Fsp3) is 0.250. The lowest BCUT2D eigenvalue weighted by atomic mass is 10.0.